The van der Waals surface area contributed by atoms with Gasteiger partial charge in [-0.25, -0.2) is 17.8 Å². The molecule has 2 heterocycles. The molecule has 0 amide bonds. The molecule has 0 fully saturated rings. The molecule has 0 atom stereocenters. The van der Waals surface area contributed by atoms with Gasteiger partial charge in [-0.15, -0.1) is 0 Å². The summed E-state index contributed by atoms with van der Waals surface area (Å²) in [5, 5.41) is 0.809. The number of rotatable bonds is 4. The third kappa shape index (κ3) is 2.67. The Morgan fingerprint density at radius 3 is 2.77 bits per heavy atom. The van der Waals surface area contributed by atoms with Gasteiger partial charge in [0.2, 0.25) is 10.0 Å². The topological polar surface area (TPSA) is 74.8 Å². The van der Waals surface area contributed by atoms with E-state index in [-0.39, 0.29) is 11.4 Å². The maximum atomic E-state index is 14.4. The average Bonchev–Trinajstić information content (AvgIpc) is 2.96. The highest BCUT2D eigenvalue weighted by Crippen LogP contribution is 2.30. The van der Waals surface area contributed by atoms with Gasteiger partial charge in [0.15, 0.2) is 0 Å². The summed E-state index contributed by atoms with van der Waals surface area (Å²) >= 11 is 0. The molecule has 5 nitrogen and oxygen atoms in total. The highest BCUT2D eigenvalue weighted by Gasteiger charge is 2.13. The number of halogens is 1. The number of aromatic amines is 1. The van der Waals surface area contributed by atoms with Crippen LogP contribution >= 0.6 is 0 Å². The number of sulfonamides is 1. The number of pyridine rings is 1. The Labute approximate surface area is 127 Å². The van der Waals surface area contributed by atoms with Gasteiger partial charge in [-0.1, -0.05) is 0 Å². The summed E-state index contributed by atoms with van der Waals surface area (Å²) in [7, 11) is -3.42. The second kappa shape index (κ2) is 5.42. The first-order valence-corrected chi connectivity index (χ1v) is 8.38. The van der Waals surface area contributed by atoms with Crippen LogP contribution in [0.5, 0.6) is 0 Å². The second-order valence-corrected chi connectivity index (χ2v) is 6.81. The molecule has 0 aliphatic carbocycles. The maximum Gasteiger partial charge on any atom is 0.232 e. The van der Waals surface area contributed by atoms with Crippen LogP contribution in [0.25, 0.3) is 22.2 Å². The number of fused-ring (bicyclic) bond motifs is 1. The minimum Gasteiger partial charge on any atom is -0.346 e. The van der Waals surface area contributed by atoms with Crippen LogP contribution in [0.4, 0.5) is 10.1 Å². The van der Waals surface area contributed by atoms with Gasteiger partial charge >= 0.3 is 0 Å². The molecule has 0 unspecified atom stereocenters. The lowest BCUT2D eigenvalue weighted by Gasteiger charge is -2.09. The zero-order valence-electron chi connectivity index (χ0n) is 11.8. The van der Waals surface area contributed by atoms with Crippen LogP contribution in [0.2, 0.25) is 0 Å². The van der Waals surface area contributed by atoms with Crippen molar-refractivity contribution in [3.8, 4) is 11.1 Å². The minimum absolute atomic E-state index is 0.0648. The second-order valence-electron chi connectivity index (χ2n) is 4.80. The quantitative estimate of drug-likeness (QED) is 0.776. The smallest absolute Gasteiger partial charge is 0.232 e. The zero-order valence-corrected chi connectivity index (χ0v) is 12.6. The van der Waals surface area contributed by atoms with Crippen LogP contribution in [0, 0.1) is 5.82 Å². The maximum absolute atomic E-state index is 14.4. The SMILES string of the molecule is CCS(=O)(=O)Nc1ccc(-c2ccnc3[nH]ccc23)c(F)c1. The van der Waals surface area contributed by atoms with Crippen molar-refractivity contribution in [2.45, 2.75) is 6.92 Å². The van der Waals surface area contributed by atoms with Gasteiger partial charge in [-0.3, -0.25) is 4.72 Å². The third-order valence-electron chi connectivity index (χ3n) is 3.37. The number of nitrogens with zero attached hydrogens (tertiary/aromatic N) is 1. The van der Waals surface area contributed by atoms with E-state index < -0.39 is 15.8 Å². The van der Waals surface area contributed by atoms with Crippen LogP contribution in [-0.2, 0) is 10.0 Å². The highest BCUT2D eigenvalue weighted by molar-refractivity contribution is 7.92. The van der Waals surface area contributed by atoms with E-state index in [1.54, 1.807) is 30.6 Å². The fourth-order valence-corrected chi connectivity index (χ4v) is 2.87. The van der Waals surface area contributed by atoms with Crippen molar-refractivity contribution >= 4 is 26.7 Å². The Bertz CT molecular complexity index is 935. The van der Waals surface area contributed by atoms with Gasteiger partial charge in [0.25, 0.3) is 0 Å². The molecule has 114 valence electrons. The van der Waals surface area contributed by atoms with E-state index in [2.05, 4.69) is 14.7 Å². The summed E-state index contributed by atoms with van der Waals surface area (Å²) in [6.45, 7) is 1.52. The van der Waals surface area contributed by atoms with E-state index in [1.165, 1.54) is 13.0 Å². The van der Waals surface area contributed by atoms with Gasteiger partial charge in [0.05, 0.1) is 11.4 Å². The summed E-state index contributed by atoms with van der Waals surface area (Å²) in [5.74, 6) is -0.560. The van der Waals surface area contributed by atoms with Crippen LogP contribution in [0.3, 0.4) is 0 Å². The number of hydrogen-bond donors (Lipinski definition) is 2. The largest absolute Gasteiger partial charge is 0.346 e. The fraction of sp³-hybridized carbons (Fsp3) is 0.133. The van der Waals surface area contributed by atoms with Crippen molar-refractivity contribution < 1.29 is 12.8 Å². The van der Waals surface area contributed by atoms with E-state index in [0.29, 0.717) is 16.8 Å². The Kier molecular flexibility index (Phi) is 3.58. The molecule has 0 spiro atoms. The molecular weight excluding hydrogens is 305 g/mol. The lowest BCUT2D eigenvalue weighted by Crippen LogP contribution is -2.14. The van der Waals surface area contributed by atoms with Gasteiger partial charge in [-0.2, -0.15) is 0 Å². The van der Waals surface area contributed by atoms with Gasteiger partial charge in [0, 0.05) is 23.3 Å². The van der Waals surface area contributed by atoms with Crippen LogP contribution in [0.15, 0.2) is 42.7 Å². The predicted octanol–water partition coefficient (Wildman–Crippen LogP) is 3.13. The number of hydrogen-bond acceptors (Lipinski definition) is 3. The lowest BCUT2D eigenvalue weighted by atomic mass is 10.0. The van der Waals surface area contributed by atoms with E-state index >= 15 is 0 Å². The van der Waals surface area contributed by atoms with Crippen molar-refractivity contribution in [2.24, 2.45) is 0 Å². The monoisotopic (exact) mass is 319 g/mol. The summed E-state index contributed by atoms with van der Waals surface area (Å²) < 4.78 is 39.8. The molecule has 0 saturated heterocycles. The molecule has 7 heteroatoms. The van der Waals surface area contributed by atoms with E-state index in [4.69, 9.17) is 0 Å². The molecule has 0 aliphatic heterocycles. The predicted molar refractivity (Wildman–Crippen MR) is 84.6 cm³/mol. The first-order valence-electron chi connectivity index (χ1n) is 6.72. The lowest BCUT2D eigenvalue weighted by molar-refractivity contribution is 0.602. The highest BCUT2D eigenvalue weighted by atomic mass is 32.2. The molecular formula is C15H14FN3O2S. The molecule has 0 saturated carbocycles. The Hall–Kier alpha value is -2.41. The molecule has 3 rings (SSSR count). The summed E-state index contributed by atoms with van der Waals surface area (Å²) in [5.41, 5.74) is 1.98. The molecule has 0 radical (unpaired) electrons. The summed E-state index contributed by atoms with van der Waals surface area (Å²) in [6, 6.07) is 7.84. The Morgan fingerprint density at radius 1 is 1.23 bits per heavy atom. The van der Waals surface area contributed by atoms with E-state index in [1.807, 2.05) is 6.07 Å². The van der Waals surface area contributed by atoms with Crippen LogP contribution in [-0.4, -0.2) is 24.1 Å². The number of benzene rings is 1. The molecule has 0 bridgehead atoms. The van der Waals surface area contributed by atoms with Gasteiger partial charge in [0.1, 0.15) is 11.5 Å². The number of H-pyrrole nitrogens is 1. The normalized spacial score (nSPS) is 11.7. The Balaban J connectivity index is 2.05. The number of anilines is 1. The molecule has 2 N–H and O–H groups in total. The summed E-state index contributed by atoms with van der Waals surface area (Å²) in [4.78, 5) is 7.14. The fourth-order valence-electron chi connectivity index (χ4n) is 2.24. The molecule has 1 aromatic carbocycles. The number of aromatic nitrogens is 2. The molecule has 0 aliphatic rings. The van der Waals surface area contributed by atoms with Crippen molar-refractivity contribution in [3.05, 3.63) is 48.5 Å². The average molecular weight is 319 g/mol. The molecule has 22 heavy (non-hydrogen) atoms. The standard InChI is InChI=1S/C15H14FN3O2S/c1-2-22(20,21)19-10-3-4-12(14(16)9-10)11-5-7-17-15-13(11)6-8-18-15/h3-9,19H,2H2,1H3,(H,17,18). The third-order valence-corrected chi connectivity index (χ3v) is 4.68. The van der Waals surface area contributed by atoms with Gasteiger partial charge in [-0.05, 0) is 42.8 Å². The first kappa shape index (κ1) is 14.5. The van der Waals surface area contributed by atoms with Crippen LogP contribution in [0.1, 0.15) is 6.92 Å². The van der Waals surface area contributed by atoms with Gasteiger partial charge < -0.3 is 4.98 Å². The first-order chi connectivity index (χ1) is 10.5. The Morgan fingerprint density at radius 2 is 2.05 bits per heavy atom. The van der Waals surface area contributed by atoms with E-state index in [9.17, 15) is 12.8 Å². The van der Waals surface area contributed by atoms with Crippen molar-refractivity contribution in [1.82, 2.24) is 9.97 Å². The van der Waals surface area contributed by atoms with Crippen molar-refractivity contribution in [1.29, 1.82) is 0 Å². The molecule has 3 aromatic rings. The minimum atomic E-state index is -3.42. The zero-order chi connectivity index (χ0) is 15.7. The number of nitrogens with one attached hydrogen (secondary N) is 2. The van der Waals surface area contributed by atoms with Crippen LogP contribution < -0.4 is 4.72 Å². The van der Waals surface area contributed by atoms with Crippen molar-refractivity contribution in [2.75, 3.05) is 10.5 Å². The summed E-state index contributed by atoms with van der Waals surface area (Å²) in [6.07, 6.45) is 3.34. The van der Waals surface area contributed by atoms with E-state index in [0.717, 1.165) is 5.39 Å². The van der Waals surface area contributed by atoms with Crippen molar-refractivity contribution in [3.63, 3.8) is 0 Å². The molecule has 2 aromatic heterocycles.